The average Bonchev–Trinajstić information content (AvgIpc) is 3.77. The molecule has 200 valence electrons. The highest BCUT2D eigenvalue weighted by atomic mass is 16.2. The number of rotatable bonds is 7. The topological polar surface area (TPSA) is 65.8 Å². The predicted octanol–water partition coefficient (Wildman–Crippen LogP) is 5.98. The van der Waals surface area contributed by atoms with E-state index in [0.29, 0.717) is 11.5 Å². The minimum absolute atomic E-state index is 0.0877. The molecule has 7 heteroatoms. The standard InChI is InChI=1S/C33H32N6O/c40-33(38-19-17-37(18-20-38)23-24-7-3-1-4-8-24)27-13-15-28(16-14-27)34-31-21-29(25-9-5-2-6-10-25)35-32-22-30(26-11-12-26)36-39(31)32/h1-10,13-16,21-22,26,34H,11-12,17-20,23H2. The van der Waals surface area contributed by atoms with Crippen molar-refractivity contribution in [3.05, 3.63) is 114 Å². The molecule has 5 aromatic rings. The molecule has 1 saturated carbocycles. The van der Waals surface area contributed by atoms with Crippen LogP contribution in [-0.4, -0.2) is 56.5 Å². The number of amides is 1. The number of hydrogen-bond donors (Lipinski definition) is 1. The van der Waals surface area contributed by atoms with E-state index in [1.165, 1.54) is 18.4 Å². The fourth-order valence-corrected chi connectivity index (χ4v) is 5.39. The second-order valence-electron chi connectivity index (χ2n) is 10.8. The first-order chi connectivity index (χ1) is 19.7. The Bertz CT molecular complexity index is 1620. The lowest BCUT2D eigenvalue weighted by atomic mass is 10.1. The van der Waals surface area contributed by atoms with Gasteiger partial charge in [0.15, 0.2) is 5.65 Å². The molecule has 0 unspecified atom stereocenters. The Morgan fingerprint density at radius 3 is 2.23 bits per heavy atom. The van der Waals surface area contributed by atoms with Crippen molar-refractivity contribution in [2.24, 2.45) is 0 Å². The van der Waals surface area contributed by atoms with Gasteiger partial charge in [-0.15, -0.1) is 0 Å². The monoisotopic (exact) mass is 528 g/mol. The lowest BCUT2D eigenvalue weighted by molar-refractivity contribution is 0.0628. The summed E-state index contributed by atoms with van der Waals surface area (Å²) in [5, 5.41) is 8.41. The third-order valence-electron chi connectivity index (χ3n) is 7.82. The molecule has 2 fully saturated rings. The molecule has 0 bridgehead atoms. The van der Waals surface area contributed by atoms with Crippen LogP contribution in [0.3, 0.4) is 0 Å². The van der Waals surface area contributed by atoms with Gasteiger partial charge in [0.1, 0.15) is 5.82 Å². The molecule has 7 rings (SSSR count). The first kappa shape index (κ1) is 24.5. The Kier molecular flexibility index (Phi) is 6.49. The number of carbonyl (C=O) groups is 1. The van der Waals surface area contributed by atoms with E-state index in [1.54, 1.807) is 0 Å². The molecular formula is C33H32N6O. The molecular weight excluding hydrogens is 496 g/mol. The van der Waals surface area contributed by atoms with Crippen molar-refractivity contribution >= 4 is 23.1 Å². The fraction of sp³-hybridized carbons (Fsp3) is 0.242. The number of nitrogens with one attached hydrogen (secondary N) is 1. The fourth-order valence-electron chi connectivity index (χ4n) is 5.39. The van der Waals surface area contributed by atoms with Gasteiger partial charge in [0.05, 0.1) is 11.4 Å². The molecule has 3 aromatic carbocycles. The van der Waals surface area contributed by atoms with Crippen LogP contribution in [0.1, 0.15) is 40.4 Å². The van der Waals surface area contributed by atoms with Crippen LogP contribution in [0.4, 0.5) is 11.5 Å². The molecule has 1 aliphatic carbocycles. The molecule has 2 aliphatic rings. The summed E-state index contributed by atoms with van der Waals surface area (Å²) in [6, 6.07) is 32.6. The summed E-state index contributed by atoms with van der Waals surface area (Å²) in [7, 11) is 0. The van der Waals surface area contributed by atoms with Gasteiger partial charge in [0.2, 0.25) is 0 Å². The van der Waals surface area contributed by atoms with Gasteiger partial charge in [0.25, 0.3) is 5.91 Å². The van der Waals surface area contributed by atoms with Crippen molar-refractivity contribution in [3.63, 3.8) is 0 Å². The van der Waals surface area contributed by atoms with Gasteiger partial charge in [-0.05, 0) is 42.7 Å². The zero-order valence-electron chi connectivity index (χ0n) is 22.4. The van der Waals surface area contributed by atoms with Crippen molar-refractivity contribution < 1.29 is 4.79 Å². The summed E-state index contributed by atoms with van der Waals surface area (Å²) in [5.74, 6) is 1.48. The van der Waals surface area contributed by atoms with Crippen LogP contribution in [0.2, 0.25) is 0 Å². The number of aromatic nitrogens is 3. The van der Waals surface area contributed by atoms with Crippen molar-refractivity contribution in [2.45, 2.75) is 25.3 Å². The Balaban J connectivity index is 1.06. The van der Waals surface area contributed by atoms with E-state index in [1.807, 2.05) is 64.0 Å². The highest BCUT2D eigenvalue weighted by Crippen LogP contribution is 2.40. The highest BCUT2D eigenvalue weighted by Gasteiger charge is 2.27. The summed E-state index contributed by atoms with van der Waals surface area (Å²) in [6.07, 6.45) is 2.38. The van der Waals surface area contributed by atoms with Gasteiger partial charge in [-0.3, -0.25) is 9.69 Å². The maximum Gasteiger partial charge on any atom is 0.253 e. The van der Waals surface area contributed by atoms with E-state index in [2.05, 4.69) is 52.7 Å². The number of anilines is 2. The Hall–Kier alpha value is -4.49. The van der Waals surface area contributed by atoms with Crippen LogP contribution in [0.5, 0.6) is 0 Å². The number of fused-ring (bicyclic) bond motifs is 1. The van der Waals surface area contributed by atoms with Gasteiger partial charge in [-0.2, -0.15) is 9.61 Å². The molecule has 0 atom stereocenters. The van der Waals surface area contributed by atoms with Gasteiger partial charge in [-0.25, -0.2) is 4.98 Å². The van der Waals surface area contributed by atoms with E-state index >= 15 is 0 Å². The van der Waals surface area contributed by atoms with Crippen molar-refractivity contribution in [2.75, 3.05) is 31.5 Å². The summed E-state index contributed by atoms with van der Waals surface area (Å²) in [5.41, 5.74) is 6.82. The molecule has 1 N–H and O–H groups in total. The molecule has 1 amide bonds. The third-order valence-corrected chi connectivity index (χ3v) is 7.82. The van der Waals surface area contributed by atoms with Gasteiger partial charge < -0.3 is 10.2 Å². The van der Waals surface area contributed by atoms with E-state index in [4.69, 9.17) is 10.1 Å². The van der Waals surface area contributed by atoms with E-state index in [9.17, 15) is 4.79 Å². The first-order valence-corrected chi connectivity index (χ1v) is 14.1. The number of nitrogens with zero attached hydrogens (tertiary/aromatic N) is 5. The molecule has 1 saturated heterocycles. The van der Waals surface area contributed by atoms with Crippen LogP contribution in [0.25, 0.3) is 16.9 Å². The summed E-state index contributed by atoms with van der Waals surface area (Å²) in [4.78, 5) is 22.5. The first-order valence-electron chi connectivity index (χ1n) is 14.1. The van der Waals surface area contributed by atoms with Gasteiger partial charge in [-0.1, -0.05) is 60.7 Å². The average molecular weight is 529 g/mol. The number of benzene rings is 3. The molecule has 0 spiro atoms. The minimum atomic E-state index is 0.0877. The van der Waals surface area contributed by atoms with Crippen molar-refractivity contribution in [3.8, 4) is 11.3 Å². The van der Waals surface area contributed by atoms with Crippen LogP contribution in [0, 0.1) is 0 Å². The normalized spacial score (nSPS) is 15.8. The van der Waals surface area contributed by atoms with Crippen LogP contribution < -0.4 is 5.32 Å². The molecule has 2 aromatic heterocycles. The Labute approximate surface area is 234 Å². The summed E-state index contributed by atoms with van der Waals surface area (Å²) in [6.45, 7) is 4.18. The molecule has 0 radical (unpaired) electrons. The van der Waals surface area contributed by atoms with Gasteiger partial charge in [0, 0.05) is 67.6 Å². The summed E-state index contributed by atoms with van der Waals surface area (Å²) >= 11 is 0. The zero-order valence-corrected chi connectivity index (χ0v) is 22.4. The number of piperazine rings is 1. The van der Waals surface area contributed by atoms with Crippen LogP contribution in [0.15, 0.2) is 97.1 Å². The summed E-state index contributed by atoms with van der Waals surface area (Å²) < 4.78 is 1.90. The highest BCUT2D eigenvalue weighted by molar-refractivity contribution is 5.94. The predicted molar refractivity (Wildman–Crippen MR) is 158 cm³/mol. The smallest absolute Gasteiger partial charge is 0.253 e. The largest absolute Gasteiger partial charge is 0.340 e. The SMILES string of the molecule is O=C(c1ccc(Nc2cc(-c3ccccc3)nc3cc(C4CC4)nn23)cc1)N1CCN(Cc2ccccc2)CC1. The second-order valence-corrected chi connectivity index (χ2v) is 10.8. The zero-order chi connectivity index (χ0) is 26.9. The van der Waals surface area contributed by atoms with E-state index in [-0.39, 0.29) is 5.91 Å². The Morgan fingerprint density at radius 2 is 1.52 bits per heavy atom. The van der Waals surface area contributed by atoms with E-state index in [0.717, 1.165) is 66.8 Å². The van der Waals surface area contributed by atoms with Crippen LogP contribution >= 0.6 is 0 Å². The third kappa shape index (κ3) is 5.20. The molecule has 7 nitrogen and oxygen atoms in total. The lowest BCUT2D eigenvalue weighted by Gasteiger charge is -2.34. The lowest BCUT2D eigenvalue weighted by Crippen LogP contribution is -2.48. The number of carbonyl (C=O) groups excluding carboxylic acids is 1. The molecule has 1 aliphatic heterocycles. The maximum absolute atomic E-state index is 13.2. The Morgan fingerprint density at radius 1 is 0.825 bits per heavy atom. The minimum Gasteiger partial charge on any atom is -0.340 e. The quantitative estimate of drug-likeness (QED) is 0.282. The van der Waals surface area contributed by atoms with Crippen molar-refractivity contribution in [1.82, 2.24) is 24.4 Å². The maximum atomic E-state index is 13.2. The van der Waals surface area contributed by atoms with Gasteiger partial charge >= 0.3 is 0 Å². The van der Waals surface area contributed by atoms with E-state index < -0.39 is 0 Å². The molecule has 40 heavy (non-hydrogen) atoms. The second kappa shape index (κ2) is 10.6. The van der Waals surface area contributed by atoms with Crippen LogP contribution in [-0.2, 0) is 6.54 Å². The number of hydrogen-bond acceptors (Lipinski definition) is 5. The van der Waals surface area contributed by atoms with Crippen molar-refractivity contribution in [1.29, 1.82) is 0 Å². The molecule has 3 heterocycles.